The Morgan fingerprint density at radius 2 is 2.10 bits per heavy atom. The van der Waals surface area contributed by atoms with Gasteiger partial charge in [0, 0.05) is 25.6 Å². The predicted octanol–water partition coefficient (Wildman–Crippen LogP) is 2.30. The summed E-state index contributed by atoms with van der Waals surface area (Å²) in [7, 11) is 0. The molecule has 1 amide bonds. The van der Waals surface area contributed by atoms with E-state index in [4.69, 9.17) is 10.8 Å². The van der Waals surface area contributed by atoms with Gasteiger partial charge in [-0.25, -0.2) is 0 Å². The minimum atomic E-state index is 0.169. The zero-order chi connectivity index (χ0) is 14.8. The summed E-state index contributed by atoms with van der Waals surface area (Å²) in [6, 6.07) is 0.438. The number of rotatable bonds is 11. The third-order valence-electron chi connectivity index (χ3n) is 4.43. The Morgan fingerprint density at radius 1 is 1.35 bits per heavy atom. The molecule has 1 aliphatic rings. The van der Waals surface area contributed by atoms with Gasteiger partial charge < -0.3 is 15.7 Å². The molecule has 1 atom stereocenters. The lowest BCUT2D eigenvalue weighted by molar-refractivity contribution is -0.135. The van der Waals surface area contributed by atoms with Crippen molar-refractivity contribution >= 4 is 5.91 Å². The van der Waals surface area contributed by atoms with Gasteiger partial charge in [0.2, 0.25) is 5.91 Å². The van der Waals surface area contributed by atoms with E-state index < -0.39 is 0 Å². The van der Waals surface area contributed by atoms with Gasteiger partial charge in [0.25, 0.3) is 0 Å². The minimum absolute atomic E-state index is 0.169. The third kappa shape index (κ3) is 5.80. The molecule has 4 heteroatoms. The van der Waals surface area contributed by atoms with E-state index in [1.807, 2.05) is 4.90 Å². The number of amides is 1. The second-order valence-electron chi connectivity index (χ2n) is 6.02. The van der Waals surface area contributed by atoms with Gasteiger partial charge in [-0.15, -0.1) is 0 Å². The second-order valence-corrected chi connectivity index (χ2v) is 6.02. The van der Waals surface area contributed by atoms with Crippen molar-refractivity contribution in [2.24, 2.45) is 11.7 Å². The van der Waals surface area contributed by atoms with Crippen LogP contribution in [-0.4, -0.2) is 41.7 Å². The summed E-state index contributed by atoms with van der Waals surface area (Å²) in [6.07, 6.45) is 9.18. The molecule has 0 aromatic carbocycles. The first-order valence-electron chi connectivity index (χ1n) is 8.33. The number of nitrogens with zero attached hydrogens (tertiary/aromatic N) is 1. The molecule has 0 heterocycles. The lowest BCUT2D eigenvalue weighted by atomic mass is 9.90. The average Bonchev–Trinajstić information content (AvgIpc) is 2.38. The maximum Gasteiger partial charge on any atom is 0.222 e. The molecule has 118 valence electrons. The summed E-state index contributed by atoms with van der Waals surface area (Å²) in [5, 5.41) is 8.98. The van der Waals surface area contributed by atoms with Crippen molar-refractivity contribution in [3.05, 3.63) is 0 Å². The fraction of sp³-hybridized carbons (Fsp3) is 0.938. The second kappa shape index (κ2) is 10.2. The van der Waals surface area contributed by atoms with Crippen LogP contribution < -0.4 is 5.73 Å². The van der Waals surface area contributed by atoms with Gasteiger partial charge in [-0.1, -0.05) is 19.8 Å². The smallest absolute Gasteiger partial charge is 0.222 e. The lowest BCUT2D eigenvalue weighted by Gasteiger charge is -2.38. The fourth-order valence-electron chi connectivity index (χ4n) is 3.00. The highest BCUT2D eigenvalue weighted by atomic mass is 16.3. The molecular formula is C16H32N2O2. The zero-order valence-corrected chi connectivity index (χ0v) is 13.0. The number of aliphatic hydroxyl groups excluding tert-OH is 1. The van der Waals surface area contributed by atoms with Gasteiger partial charge in [0.15, 0.2) is 0 Å². The van der Waals surface area contributed by atoms with Crippen LogP contribution in [0.1, 0.15) is 64.7 Å². The van der Waals surface area contributed by atoms with E-state index in [9.17, 15) is 4.79 Å². The van der Waals surface area contributed by atoms with Crippen LogP contribution in [0.5, 0.6) is 0 Å². The molecule has 1 saturated carbocycles. The first-order valence-corrected chi connectivity index (χ1v) is 8.33. The van der Waals surface area contributed by atoms with Crippen LogP contribution >= 0.6 is 0 Å². The van der Waals surface area contributed by atoms with Gasteiger partial charge in [-0.3, -0.25) is 4.79 Å². The van der Waals surface area contributed by atoms with Crippen molar-refractivity contribution in [3.63, 3.8) is 0 Å². The Labute approximate surface area is 123 Å². The normalized spacial score (nSPS) is 16.8. The van der Waals surface area contributed by atoms with Crippen LogP contribution in [0.25, 0.3) is 0 Å². The van der Waals surface area contributed by atoms with E-state index in [0.29, 0.717) is 24.8 Å². The quantitative estimate of drug-likeness (QED) is 0.612. The Bertz CT molecular complexity index is 261. The maximum absolute atomic E-state index is 12.4. The van der Waals surface area contributed by atoms with Crippen molar-refractivity contribution in [3.8, 4) is 0 Å². The third-order valence-corrected chi connectivity index (χ3v) is 4.43. The van der Waals surface area contributed by atoms with E-state index >= 15 is 0 Å². The molecule has 0 aliphatic heterocycles. The summed E-state index contributed by atoms with van der Waals surface area (Å²) in [5.41, 5.74) is 5.65. The lowest BCUT2D eigenvalue weighted by Crippen LogP contribution is -2.45. The number of hydrogen-bond acceptors (Lipinski definition) is 3. The molecule has 0 saturated heterocycles. The monoisotopic (exact) mass is 284 g/mol. The molecule has 0 spiro atoms. The first-order chi connectivity index (χ1) is 9.72. The molecule has 3 N–H and O–H groups in total. The van der Waals surface area contributed by atoms with Crippen LogP contribution in [0.4, 0.5) is 0 Å². The molecule has 0 aromatic rings. The predicted molar refractivity (Wildman–Crippen MR) is 82.4 cm³/mol. The van der Waals surface area contributed by atoms with Crippen molar-refractivity contribution in [2.75, 3.05) is 19.7 Å². The van der Waals surface area contributed by atoms with Gasteiger partial charge in [0.05, 0.1) is 0 Å². The summed E-state index contributed by atoms with van der Waals surface area (Å²) < 4.78 is 0. The topological polar surface area (TPSA) is 66.6 Å². The van der Waals surface area contributed by atoms with E-state index in [1.165, 1.54) is 12.8 Å². The molecular weight excluding hydrogens is 252 g/mol. The van der Waals surface area contributed by atoms with E-state index in [1.54, 1.807) is 0 Å². The fourth-order valence-corrected chi connectivity index (χ4v) is 3.00. The van der Waals surface area contributed by atoms with Crippen LogP contribution in [-0.2, 0) is 4.79 Å². The summed E-state index contributed by atoms with van der Waals surface area (Å²) in [5.74, 6) is 0.872. The van der Waals surface area contributed by atoms with Crippen LogP contribution in [0.3, 0.4) is 0 Å². The molecule has 1 unspecified atom stereocenters. The highest BCUT2D eigenvalue weighted by Crippen LogP contribution is 2.26. The summed E-state index contributed by atoms with van der Waals surface area (Å²) in [4.78, 5) is 14.4. The molecule has 1 fully saturated rings. The van der Waals surface area contributed by atoms with Gasteiger partial charge in [0.1, 0.15) is 0 Å². The van der Waals surface area contributed by atoms with Crippen LogP contribution in [0, 0.1) is 5.92 Å². The van der Waals surface area contributed by atoms with Crippen LogP contribution in [0.2, 0.25) is 0 Å². The number of aliphatic hydroxyl groups is 1. The van der Waals surface area contributed by atoms with E-state index in [0.717, 1.165) is 45.2 Å². The van der Waals surface area contributed by atoms with Crippen LogP contribution in [0.15, 0.2) is 0 Å². The Kier molecular flexibility index (Phi) is 8.86. The zero-order valence-electron chi connectivity index (χ0n) is 13.0. The van der Waals surface area contributed by atoms with Crippen molar-refractivity contribution in [1.29, 1.82) is 0 Å². The highest BCUT2D eigenvalue weighted by molar-refractivity contribution is 5.76. The molecule has 20 heavy (non-hydrogen) atoms. The highest BCUT2D eigenvalue weighted by Gasteiger charge is 2.28. The summed E-state index contributed by atoms with van der Waals surface area (Å²) in [6.45, 7) is 3.79. The summed E-state index contributed by atoms with van der Waals surface area (Å²) >= 11 is 0. The Balaban J connectivity index is 2.39. The Hall–Kier alpha value is -0.610. The molecule has 0 radical (unpaired) electrons. The number of nitrogens with two attached hydrogens (primary N) is 1. The molecule has 4 nitrogen and oxygen atoms in total. The number of carbonyl (C=O) groups excluding carboxylic acids is 1. The maximum atomic E-state index is 12.4. The van der Waals surface area contributed by atoms with Gasteiger partial charge >= 0.3 is 0 Å². The average molecular weight is 284 g/mol. The van der Waals surface area contributed by atoms with Crippen molar-refractivity contribution in [2.45, 2.75) is 70.8 Å². The van der Waals surface area contributed by atoms with Gasteiger partial charge in [-0.05, 0) is 51.0 Å². The number of carbonyl (C=O) groups is 1. The largest absolute Gasteiger partial charge is 0.396 e. The van der Waals surface area contributed by atoms with Crippen molar-refractivity contribution in [1.82, 2.24) is 4.90 Å². The number of hydrogen-bond donors (Lipinski definition) is 2. The molecule has 1 aliphatic carbocycles. The Morgan fingerprint density at radius 3 is 2.60 bits per heavy atom. The first kappa shape index (κ1) is 17.4. The van der Waals surface area contributed by atoms with Gasteiger partial charge in [-0.2, -0.15) is 0 Å². The standard InChI is InChI=1S/C16H32N2O2/c1-2-5-14(10-11-17)8-9-16(20)18(12-4-13-19)15-6-3-7-15/h14-15,19H,2-13,17H2,1H3. The molecule has 0 aromatic heterocycles. The van der Waals surface area contributed by atoms with E-state index in [-0.39, 0.29) is 12.5 Å². The van der Waals surface area contributed by atoms with Crippen molar-refractivity contribution < 1.29 is 9.90 Å². The minimum Gasteiger partial charge on any atom is -0.396 e. The van der Waals surface area contributed by atoms with E-state index in [2.05, 4.69) is 6.92 Å². The molecule has 0 bridgehead atoms. The SMILES string of the molecule is CCCC(CCN)CCC(=O)N(CCCO)C1CCC1. The molecule has 1 rings (SSSR count).